The second-order valence-corrected chi connectivity index (χ2v) is 7.64. The van der Waals surface area contributed by atoms with Gasteiger partial charge in [0, 0.05) is 17.6 Å². The van der Waals surface area contributed by atoms with Crippen molar-refractivity contribution in [2.45, 2.75) is 44.0 Å². The van der Waals surface area contributed by atoms with E-state index in [1.807, 2.05) is 0 Å². The van der Waals surface area contributed by atoms with E-state index in [0.29, 0.717) is 17.1 Å². The lowest BCUT2D eigenvalue weighted by molar-refractivity contribution is 0.158. The zero-order chi connectivity index (χ0) is 15.5. The number of nitrogens with zero attached hydrogens (tertiary/aromatic N) is 1. The van der Waals surface area contributed by atoms with Gasteiger partial charge in [-0.1, -0.05) is 31.0 Å². The summed E-state index contributed by atoms with van der Waals surface area (Å²) in [5.41, 5.74) is 0.600. The monoisotopic (exact) mass is 330 g/mol. The molecule has 21 heavy (non-hydrogen) atoms. The fourth-order valence-electron chi connectivity index (χ4n) is 2.87. The Morgan fingerprint density at radius 2 is 2.14 bits per heavy atom. The first-order chi connectivity index (χ1) is 9.95. The summed E-state index contributed by atoms with van der Waals surface area (Å²) in [7, 11) is -3.51. The van der Waals surface area contributed by atoms with Crippen molar-refractivity contribution in [3.05, 3.63) is 28.8 Å². The molecular weight excluding hydrogens is 308 g/mol. The quantitative estimate of drug-likeness (QED) is 0.903. The molecule has 0 bridgehead atoms. The fraction of sp³-hybridized carbons (Fsp3) is 0.600. The topological polar surface area (TPSA) is 49.4 Å². The maximum Gasteiger partial charge on any atom is 0.240 e. The van der Waals surface area contributed by atoms with Crippen LogP contribution in [0, 0.1) is 6.92 Å². The van der Waals surface area contributed by atoms with E-state index in [4.69, 9.17) is 11.6 Å². The summed E-state index contributed by atoms with van der Waals surface area (Å²) in [4.78, 5) is 2.62. The van der Waals surface area contributed by atoms with Gasteiger partial charge >= 0.3 is 0 Å². The van der Waals surface area contributed by atoms with Crippen LogP contribution in [0.2, 0.25) is 5.02 Å². The van der Waals surface area contributed by atoms with E-state index in [1.165, 1.54) is 12.8 Å². The van der Waals surface area contributed by atoms with E-state index in [2.05, 4.69) is 16.5 Å². The van der Waals surface area contributed by atoms with Gasteiger partial charge in [-0.3, -0.25) is 4.90 Å². The van der Waals surface area contributed by atoms with Crippen LogP contribution >= 0.6 is 11.6 Å². The van der Waals surface area contributed by atoms with Crippen molar-refractivity contribution in [1.82, 2.24) is 9.62 Å². The van der Waals surface area contributed by atoms with Gasteiger partial charge in [-0.05, 0) is 50.6 Å². The Morgan fingerprint density at radius 1 is 1.38 bits per heavy atom. The Labute approximate surface area is 132 Å². The van der Waals surface area contributed by atoms with Crippen molar-refractivity contribution in [2.75, 3.05) is 19.6 Å². The van der Waals surface area contributed by atoms with Crippen molar-refractivity contribution < 1.29 is 8.42 Å². The molecule has 1 heterocycles. The predicted molar refractivity (Wildman–Crippen MR) is 86.3 cm³/mol. The third-order valence-corrected chi connectivity index (χ3v) is 6.15. The molecule has 1 saturated heterocycles. The lowest BCUT2D eigenvalue weighted by Gasteiger charge is -2.34. The molecule has 6 heteroatoms. The molecule has 0 spiro atoms. The Morgan fingerprint density at radius 3 is 2.86 bits per heavy atom. The van der Waals surface area contributed by atoms with Crippen LogP contribution in [0.25, 0.3) is 0 Å². The first-order valence-electron chi connectivity index (χ1n) is 7.44. The Kier molecular flexibility index (Phi) is 5.66. The van der Waals surface area contributed by atoms with Gasteiger partial charge in [0.2, 0.25) is 10.0 Å². The second-order valence-electron chi connectivity index (χ2n) is 5.49. The number of piperidine rings is 1. The minimum Gasteiger partial charge on any atom is -0.299 e. The zero-order valence-corrected chi connectivity index (χ0v) is 14.2. The summed E-state index contributed by atoms with van der Waals surface area (Å²) in [5, 5.41) is 0.478. The smallest absolute Gasteiger partial charge is 0.240 e. The van der Waals surface area contributed by atoms with Crippen LogP contribution in [-0.2, 0) is 10.0 Å². The first-order valence-corrected chi connectivity index (χ1v) is 9.30. The summed E-state index contributed by atoms with van der Waals surface area (Å²) >= 11 is 6.01. The molecule has 1 aromatic rings. The van der Waals surface area contributed by atoms with Crippen molar-refractivity contribution in [3.63, 3.8) is 0 Å². The van der Waals surface area contributed by atoms with Gasteiger partial charge in [-0.2, -0.15) is 0 Å². The number of hydrogen-bond donors (Lipinski definition) is 1. The van der Waals surface area contributed by atoms with Gasteiger partial charge in [-0.15, -0.1) is 0 Å². The maximum atomic E-state index is 12.5. The normalized spacial score (nSPS) is 20.6. The lowest BCUT2D eigenvalue weighted by Crippen LogP contribution is -2.46. The minimum absolute atomic E-state index is 0.272. The van der Waals surface area contributed by atoms with Crippen LogP contribution in [0.4, 0.5) is 0 Å². The summed E-state index contributed by atoms with van der Waals surface area (Å²) < 4.78 is 27.7. The number of likely N-dealkylation sites (N-methyl/N-ethyl adjacent to an activating group) is 1. The van der Waals surface area contributed by atoms with Gasteiger partial charge in [-0.25, -0.2) is 13.1 Å². The van der Waals surface area contributed by atoms with Gasteiger partial charge < -0.3 is 0 Å². The Hall–Kier alpha value is -0.620. The van der Waals surface area contributed by atoms with Crippen LogP contribution in [0.5, 0.6) is 0 Å². The number of sulfonamides is 1. The molecule has 0 aliphatic carbocycles. The van der Waals surface area contributed by atoms with Crippen LogP contribution in [-0.4, -0.2) is 39.0 Å². The van der Waals surface area contributed by atoms with Crippen molar-refractivity contribution in [1.29, 1.82) is 0 Å². The van der Waals surface area contributed by atoms with Crippen molar-refractivity contribution in [2.24, 2.45) is 0 Å². The average molecular weight is 331 g/mol. The van der Waals surface area contributed by atoms with Crippen LogP contribution in [0.1, 0.15) is 31.7 Å². The number of likely N-dealkylation sites (tertiary alicyclic amines) is 1. The summed E-state index contributed by atoms with van der Waals surface area (Å²) in [6, 6.07) is 5.26. The second kappa shape index (κ2) is 7.09. The molecule has 2 rings (SSSR count). The number of halogens is 1. The molecule has 0 amide bonds. The third-order valence-electron chi connectivity index (χ3n) is 4.17. The average Bonchev–Trinajstić information content (AvgIpc) is 2.48. The molecule has 1 N–H and O–H groups in total. The summed E-state index contributed by atoms with van der Waals surface area (Å²) in [6.45, 7) is 6.33. The van der Waals surface area contributed by atoms with Gasteiger partial charge in [0.15, 0.2) is 0 Å². The summed E-state index contributed by atoms with van der Waals surface area (Å²) in [5.74, 6) is 0. The molecule has 0 aromatic heterocycles. The number of benzene rings is 1. The first kappa shape index (κ1) is 16.7. The molecular formula is C15H23ClN2O2S. The predicted octanol–water partition coefficient (Wildman–Crippen LogP) is 2.80. The molecule has 1 atom stereocenters. The summed E-state index contributed by atoms with van der Waals surface area (Å²) in [6.07, 6.45) is 3.41. The number of rotatable bonds is 5. The highest BCUT2D eigenvalue weighted by Crippen LogP contribution is 2.23. The molecule has 1 aliphatic rings. The molecule has 4 nitrogen and oxygen atoms in total. The number of hydrogen-bond acceptors (Lipinski definition) is 3. The van der Waals surface area contributed by atoms with E-state index in [0.717, 1.165) is 19.5 Å². The van der Waals surface area contributed by atoms with E-state index in [-0.39, 0.29) is 10.9 Å². The molecule has 0 saturated carbocycles. The maximum absolute atomic E-state index is 12.5. The highest BCUT2D eigenvalue weighted by Gasteiger charge is 2.24. The molecule has 118 valence electrons. The SMILES string of the molecule is CCN1CCCCC1CNS(=O)(=O)c1cccc(Cl)c1C. The Bertz CT molecular complexity index is 589. The molecule has 1 aliphatic heterocycles. The van der Waals surface area contributed by atoms with Crippen LogP contribution in [0.3, 0.4) is 0 Å². The minimum atomic E-state index is -3.51. The van der Waals surface area contributed by atoms with Crippen LogP contribution < -0.4 is 4.72 Å². The molecule has 1 aromatic carbocycles. The van der Waals surface area contributed by atoms with E-state index in [1.54, 1.807) is 25.1 Å². The van der Waals surface area contributed by atoms with E-state index >= 15 is 0 Å². The highest BCUT2D eigenvalue weighted by atomic mass is 35.5. The molecule has 1 fully saturated rings. The molecule has 0 radical (unpaired) electrons. The van der Waals surface area contributed by atoms with E-state index < -0.39 is 10.0 Å². The zero-order valence-electron chi connectivity index (χ0n) is 12.6. The highest BCUT2D eigenvalue weighted by molar-refractivity contribution is 7.89. The third kappa shape index (κ3) is 3.97. The van der Waals surface area contributed by atoms with Crippen molar-refractivity contribution >= 4 is 21.6 Å². The van der Waals surface area contributed by atoms with E-state index in [9.17, 15) is 8.42 Å². The largest absolute Gasteiger partial charge is 0.299 e. The van der Waals surface area contributed by atoms with Gasteiger partial charge in [0.25, 0.3) is 0 Å². The van der Waals surface area contributed by atoms with Crippen molar-refractivity contribution in [3.8, 4) is 0 Å². The van der Waals surface area contributed by atoms with Crippen LogP contribution in [0.15, 0.2) is 23.1 Å². The van der Waals surface area contributed by atoms with Gasteiger partial charge in [0.05, 0.1) is 4.90 Å². The fourth-order valence-corrected chi connectivity index (χ4v) is 4.44. The molecule has 1 unspecified atom stereocenters. The standard InChI is InChI=1S/C15H23ClN2O2S/c1-3-18-10-5-4-7-13(18)11-17-21(19,20)15-9-6-8-14(16)12(15)2/h6,8-9,13,17H,3-5,7,10-11H2,1-2H3. The Balaban J connectivity index is 2.09. The number of nitrogens with one attached hydrogen (secondary N) is 1. The van der Waals surface area contributed by atoms with Gasteiger partial charge in [0.1, 0.15) is 0 Å². The lowest BCUT2D eigenvalue weighted by atomic mass is 10.0.